The van der Waals surface area contributed by atoms with Gasteiger partial charge in [0.2, 0.25) is 0 Å². The first-order valence-electron chi connectivity index (χ1n) is 11.1. The SMILES string of the molecule is COCOc1cc(OCOC)c(C(C)C)cc1-c1nnc(SCC(=O)OC)n1-c1ccc(OC)cc1. The lowest BCUT2D eigenvalue weighted by atomic mass is 9.98. The molecule has 1 heterocycles. The van der Waals surface area contributed by atoms with Crippen LogP contribution in [0.3, 0.4) is 0 Å². The number of esters is 1. The molecule has 0 radical (unpaired) electrons. The van der Waals surface area contributed by atoms with Gasteiger partial charge in [0.1, 0.15) is 17.2 Å². The van der Waals surface area contributed by atoms with Crippen molar-refractivity contribution in [2.24, 2.45) is 0 Å². The quantitative estimate of drug-likeness (QED) is 0.185. The van der Waals surface area contributed by atoms with Gasteiger partial charge >= 0.3 is 5.97 Å². The summed E-state index contributed by atoms with van der Waals surface area (Å²) in [6.07, 6.45) is 0. The molecule has 0 unspecified atom stereocenters. The number of methoxy groups -OCH3 is 4. The molecule has 0 spiro atoms. The van der Waals surface area contributed by atoms with E-state index in [9.17, 15) is 4.79 Å². The number of nitrogens with zero attached hydrogens (tertiary/aromatic N) is 3. The van der Waals surface area contributed by atoms with Gasteiger partial charge in [-0.25, -0.2) is 0 Å². The lowest BCUT2D eigenvalue weighted by Gasteiger charge is -2.19. The fourth-order valence-corrected chi connectivity index (χ4v) is 4.16. The molecule has 36 heavy (non-hydrogen) atoms. The van der Waals surface area contributed by atoms with Gasteiger partial charge in [-0.1, -0.05) is 25.6 Å². The molecule has 3 aromatic rings. The number of thioether (sulfide) groups is 1. The third-order valence-corrected chi connectivity index (χ3v) is 6.05. The maximum atomic E-state index is 11.8. The van der Waals surface area contributed by atoms with Crippen molar-refractivity contribution in [1.29, 1.82) is 0 Å². The van der Waals surface area contributed by atoms with Crippen molar-refractivity contribution in [2.75, 3.05) is 47.8 Å². The summed E-state index contributed by atoms with van der Waals surface area (Å²) in [7, 11) is 6.07. The summed E-state index contributed by atoms with van der Waals surface area (Å²) >= 11 is 1.23. The van der Waals surface area contributed by atoms with Gasteiger partial charge in [0, 0.05) is 20.3 Å². The molecule has 0 bridgehead atoms. The minimum Gasteiger partial charge on any atom is -0.497 e. The number of hydrogen-bond donors (Lipinski definition) is 0. The van der Waals surface area contributed by atoms with Crippen LogP contribution >= 0.6 is 11.8 Å². The van der Waals surface area contributed by atoms with Crippen LogP contribution in [0, 0.1) is 0 Å². The molecule has 0 aliphatic rings. The summed E-state index contributed by atoms with van der Waals surface area (Å²) in [5.41, 5.74) is 2.42. The van der Waals surface area contributed by atoms with E-state index in [4.69, 9.17) is 28.4 Å². The average Bonchev–Trinajstić information content (AvgIpc) is 3.32. The van der Waals surface area contributed by atoms with Gasteiger partial charge in [0.15, 0.2) is 24.6 Å². The Bertz CT molecular complexity index is 1150. The van der Waals surface area contributed by atoms with E-state index in [0.29, 0.717) is 33.8 Å². The molecule has 3 rings (SSSR count). The second-order valence-electron chi connectivity index (χ2n) is 7.85. The Morgan fingerprint density at radius 2 is 1.61 bits per heavy atom. The fraction of sp³-hybridized carbons (Fsp3) is 0.400. The van der Waals surface area contributed by atoms with Crippen molar-refractivity contribution >= 4 is 17.7 Å². The number of benzene rings is 2. The highest BCUT2D eigenvalue weighted by Gasteiger charge is 2.23. The van der Waals surface area contributed by atoms with Crippen LogP contribution < -0.4 is 14.2 Å². The zero-order valence-electron chi connectivity index (χ0n) is 21.3. The molecule has 194 valence electrons. The molecule has 0 saturated carbocycles. The normalized spacial score (nSPS) is 11.0. The number of aromatic nitrogens is 3. The van der Waals surface area contributed by atoms with Gasteiger partial charge in [0.05, 0.1) is 31.2 Å². The first-order chi connectivity index (χ1) is 17.4. The summed E-state index contributed by atoms with van der Waals surface area (Å²) < 4.78 is 34.0. The second kappa shape index (κ2) is 13.1. The van der Waals surface area contributed by atoms with Gasteiger partial charge < -0.3 is 28.4 Å². The molecular weight excluding hydrogens is 486 g/mol. The Hall–Kier alpha value is -3.28. The van der Waals surface area contributed by atoms with E-state index < -0.39 is 0 Å². The molecule has 0 saturated heterocycles. The molecule has 0 aliphatic carbocycles. The molecule has 2 aromatic carbocycles. The smallest absolute Gasteiger partial charge is 0.316 e. The Morgan fingerprint density at radius 1 is 0.944 bits per heavy atom. The van der Waals surface area contributed by atoms with E-state index in [1.54, 1.807) is 27.4 Å². The van der Waals surface area contributed by atoms with Gasteiger partial charge in [-0.05, 0) is 41.8 Å². The lowest BCUT2D eigenvalue weighted by molar-refractivity contribution is -0.137. The van der Waals surface area contributed by atoms with Gasteiger partial charge in [0.25, 0.3) is 0 Å². The topological polar surface area (TPSA) is 103 Å². The maximum Gasteiger partial charge on any atom is 0.316 e. The third kappa shape index (κ3) is 6.48. The number of carbonyl (C=O) groups is 1. The summed E-state index contributed by atoms with van der Waals surface area (Å²) in [5.74, 6) is 2.23. The van der Waals surface area contributed by atoms with E-state index in [1.165, 1.54) is 18.9 Å². The number of ether oxygens (including phenoxy) is 6. The zero-order valence-corrected chi connectivity index (χ0v) is 22.1. The van der Waals surface area contributed by atoms with Crippen molar-refractivity contribution < 1.29 is 33.2 Å². The molecule has 0 amide bonds. The summed E-state index contributed by atoms with van der Waals surface area (Å²) in [6.45, 7) is 4.26. The monoisotopic (exact) mass is 517 g/mol. The molecule has 10 nitrogen and oxygen atoms in total. The first-order valence-corrected chi connectivity index (χ1v) is 12.1. The van der Waals surface area contributed by atoms with Crippen LogP contribution in [0.5, 0.6) is 17.2 Å². The predicted octanol–water partition coefficient (Wildman–Crippen LogP) is 4.30. The molecule has 0 atom stereocenters. The van der Waals surface area contributed by atoms with E-state index >= 15 is 0 Å². The van der Waals surface area contributed by atoms with Crippen LogP contribution in [0.15, 0.2) is 41.6 Å². The molecule has 0 fully saturated rings. The minimum atomic E-state index is -0.364. The largest absolute Gasteiger partial charge is 0.497 e. The Kier molecular flexibility index (Phi) is 9.97. The van der Waals surface area contributed by atoms with Crippen molar-refractivity contribution in [3.05, 3.63) is 42.0 Å². The fourth-order valence-electron chi connectivity index (χ4n) is 3.38. The zero-order chi connectivity index (χ0) is 26.1. The highest BCUT2D eigenvalue weighted by atomic mass is 32.2. The van der Waals surface area contributed by atoms with Crippen LogP contribution in [0.25, 0.3) is 17.1 Å². The van der Waals surface area contributed by atoms with Crippen molar-refractivity contribution in [2.45, 2.75) is 24.9 Å². The van der Waals surface area contributed by atoms with Crippen LogP contribution in [0.1, 0.15) is 25.3 Å². The summed E-state index contributed by atoms with van der Waals surface area (Å²) in [4.78, 5) is 11.8. The molecule has 11 heteroatoms. The van der Waals surface area contributed by atoms with Crippen LogP contribution in [0.2, 0.25) is 0 Å². The number of hydrogen-bond acceptors (Lipinski definition) is 10. The predicted molar refractivity (Wildman–Crippen MR) is 135 cm³/mol. The maximum absolute atomic E-state index is 11.8. The Morgan fingerprint density at radius 3 is 2.19 bits per heavy atom. The van der Waals surface area contributed by atoms with E-state index in [1.807, 2.05) is 34.9 Å². The van der Waals surface area contributed by atoms with E-state index in [-0.39, 0.29) is 31.2 Å². The summed E-state index contributed by atoms with van der Waals surface area (Å²) in [6, 6.07) is 11.2. The van der Waals surface area contributed by atoms with Gasteiger partial charge in [-0.2, -0.15) is 0 Å². The molecule has 0 N–H and O–H groups in total. The Balaban J connectivity index is 2.21. The standard InChI is InChI=1S/C25H31N3O7S/c1-16(2)19-11-20(22(35-15-31-4)12-21(19)34-14-30-3)24-26-27-25(36-13-23(29)33-6)28(24)17-7-9-18(32-5)10-8-17/h7-12,16H,13-15H2,1-6H3. The first kappa shape index (κ1) is 27.3. The highest BCUT2D eigenvalue weighted by Crippen LogP contribution is 2.40. The van der Waals surface area contributed by atoms with Gasteiger partial charge in [-0.15, -0.1) is 10.2 Å². The highest BCUT2D eigenvalue weighted by molar-refractivity contribution is 7.99. The van der Waals surface area contributed by atoms with Crippen LogP contribution in [-0.2, 0) is 19.0 Å². The van der Waals surface area contributed by atoms with Crippen molar-refractivity contribution in [3.63, 3.8) is 0 Å². The van der Waals surface area contributed by atoms with E-state index in [0.717, 1.165) is 11.3 Å². The minimum absolute atomic E-state index is 0.0262. The van der Waals surface area contributed by atoms with Crippen molar-refractivity contribution in [1.82, 2.24) is 14.8 Å². The van der Waals surface area contributed by atoms with Crippen molar-refractivity contribution in [3.8, 4) is 34.3 Å². The second-order valence-corrected chi connectivity index (χ2v) is 8.79. The van der Waals surface area contributed by atoms with Crippen LogP contribution in [0.4, 0.5) is 0 Å². The summed E-state index contributed by atoms with van der Waals surface area (Å²) in [5, 5.41) is 9.39. The average molecular weight is 518 g/mol. The van der Waals surface area contributed by atoms with Gasteiger partial charge in [-0.3, -0.25) is 9.36 Å². The van der Waals surface area contributed by atoms with Crippen LogP contribution in [-0.4, -0.2) is 68.5 Å². The Labute approximate surface area is 214 Å². The van der Waals surface area contributed by atoms with E-state index in [2.05, 4.69) is 24.0 Å². The molecule has 1 aromatic heterocycles. The number of rotatable bonds is 13. The molecule has 0 aliphatic heterocycles. The molecular formula is C25H31N3O7S. The third-order valence-electron chi connectivity index (χ3n) is 5.15. The number of carbonyl (C=O) groups excluding carboxylic acids is 1. The lowest BCUT2D eigenvalue weighted by Crippen LogP contribution is -2.08.